The summed E-state index contributed by atoms with van der Waals surface area (Å²) >= 11 is 0. The Balaban J connectivity index is 3.14. The van der Waals surface area contributed by atoms with Gasteiger partial charge in [0.2, 0.25) is 0 Å². The summed E-state index contributed by atoms with van der Waals surface area (Å²) in [6, 6.07) is 2.16. The monoisotopic (exact) mass is 249 g/mol. The van der Waals surface area contributed by atoms with Gasteiger partial charge in [-0.2, -0.15) is 0 Å². The minimum atomic E-state index is 0.210. The molecule has 0 fully saturated rings. The van der Waals surface area contributed by atoms with Crippen molar-refractivity contribution in [3.05, 3.63) is 22.8 Å². The fraction of sp³-hybridized carbons (Fsp3) is 0.533. The van der Waals surface area contributed by atoms with Gasteiger partial charge in [0.15, 0.2) is 0 Å². The van der Waals surface area contributed by atoms with Gasteiger partial charge in [-0.3, -0.25) is 4.79 Å². The molecule has 100 valence electrons. The van der Waals surface area contributed by atoms with Crippen LogP contribution in [0.25, 0.3) is 0 Å². The summed E-state index contributed by atoms with van der Waals surface area (Å²) in [6.45, 7) is 8.57. The van der Waals surface area contributed by atoms with Crippen molar-refractivity contribution in [2.75, 3.05) is 25.6 Å². The van der Waals surface area contributed by atoms with E-state index in [9.17, 15) is 4.79 Å². The maximum atomic E-state index is 11.1. The lowest BCUT2D eigenvalue weighted by Crippen LogP contribution is -2.22. The van der Waals surface area contributed by atoms with Crippen molar-refractivity contribution in [1.29, 1.82) is 0 Å². The highest BCUT2D eigenvalue weighted by Crippen LogP contribution is 2.36. The largest absolute Gasteiger partial charge is 0.494 e. The molecule has 0 saturated heterocycles. The number of ether oxygens (including phenoxy) is 1. The molecule has 0 aliphatic carbocycles. The van der Waals surface area contributed by atoms with Crippen LogP contribution in [0.1, 0.15) is 30.0 Å². The Hall–Kier alpha value is -1.51. The number of methoxy groups -OCH3 is 1. The summed E-state index contributed by atoms with van der Waals surface area (Å²) in [6.07, 6.45) is 0.562. The number of hydrogen-bond donors (Lipinski definition) is 0. The molecule has 0 amide bonds. The third-order valence-corrected chi connectivity index (χ3v) is 3.34. The third-order valence-electron chi connectivity index (χ3n) is 3.34. The molecule has 1 rings (SSSR count). The van der Waals surface area contributed by atoms with Crippen LogP contribution in [0.5, 0.6) is 5.75 Å². The van der Waals surface area contributed by atoms with Crippen LogP contribution in [0.3, 0.4) is 0 Å². The summed E-state index contributed by atoms with van der Waals surface area (Å²) in [4.78, 5) is 13.2. The van der Waals surface area contributed by atoms with Gasteiger partial charge in [0.25, 0.3) is 0 Å². The van der Waals surface area contributed by atoms with Gasteiger partial charge in [-0.05, 0) is 44.4 Å². The molecule has 0 heterocycles. The van der Waals surface area contributed by atoms with E-state index in [2.05, 4.69) is 31.7 Å². The van der Waals surface area contributed by atoms with Gasteiger partial charge in [0.1, 0.15) is 11.5 Å². The molecule has 0 aromatic heterocycles. The van der Waals surface area contributed by atoms with E-state index in [0.717, 1.165) is 23.5 Å². The van der Waals surface area contributed by atoms with Crippen LogP contribution in [0, 0.1) is 20.8 Å². The van der Waals surface area contributed by atoms with E-state index in [4.69, 9.17) is 4.74 Å². The average Bonchev–Trinajstić information content (AvgIpc) is 2.30. The first-order chi connectivity index (χ1) is 8.38. The van der Waals surface area contributed by atoms with Crippen LogP contribution in [0.4, 0.5) is 5.69 Å². The van der Waals surface area contributed by atoms with Crippen molar-refractivity contribution in [3.63, 3.8) is 0 Å². The van der Waals surface area contributed by atoms with Gasteiger partial charge in [0, 0.05) is 20.0 Å². The van der Waals surface area contributed by atoms with Gasteiger partial charge in [-0.25, -0.2) is 0 Å². The van der Waals surface area contributed by atoms with Crippen LogP contribution in [-0.2, 0) is 4.79 Å². The van der Waals surface area contributed by atoms with E-state index >= 15 is 0 Å². The maximum absolute atomic E-state index is 11.1. The predicted molar refractivity (Wildman–Crippen MR) is 75.8 cm³/mol. The van der Waals surface area contributed by atoms with E-state index in [-0.39, 0.29) is 5.78 Å². The van der Waals surface area contributed by atoms with Gasteiger partial charge in [-0.15, -0.1) is 0 Å². The number of ketones is 1. The minimum absolute atomic E-state index is 0.210. The lowest BCUT2D eigenvalue weighted by atomic mass is 10.0. The Bertz CT molecular complexity index is 452. The fourth-order valence-electron chi connectivity index (χ4n) is 2.20. The van der Waals surface area contributed by atoms with Gasteiger partial charge in [-0.1, -0.05) is 6.07 Å². The molecule has 0 radical (unpaired) electrons. The fourth-order valence-corrected chi connectivity index (χ4v) is 2.20. The van der Waals surface area contributed by atoms with Crippen LogP contribution in [0.2, 0.25) is 0 Å². The van der Waals surface area contributed by atoms with Gasteiger partial charge >= 0.3 is 0 Å². The molecule has 0 unspecified atom stereocenters. The zero-order valence-corrected chi connectivity index (χ0v) is 12.3. The van der Waals surface area contributed by atoms with E-state index in [0.29, 0.717) is 6.42 Å². The summed E-state index contributed by atoms with van der Waals surface area (Å²) in [5.41, 5.74) is 4.66. The Labute approximate surface area is 110 Å². The second-order valence-corrected chi connectivity index (χ2v) is 4.89. The number of anilines is 1. The van der Waals surface area contributed by atoms with E-state index in [1.807, 2.05) is 7.05 Å². The third kappa shape index (κ3) is 3.03. The summed E-state index contributed by atoms with van der Waals surface area (Å²) < 4.78 is 5.54. The maximum Gasteiger partial charge on any atom is 0.145 e. The summed E-state index contributed by atoms with van der Waals surface area (Å²) in [5.74, 6) is 1.13. The highest BCUT2D eigenvalue weighted by molar-refractivity contribution is 5.76. The number of aryl methyl sites for hydroxylation is 2. The van der Waals surface area contributed by atoms with E-state index < -0.39 is 0 Å². The number of rotatable bonds is 5. The topological polar surface area (TPSA) is 29.5 Å². The van der Waals surface area contributed by atoms with Gasteiger partial charge in [0.05, 0.1) is 12.8 Å². The highest BCUT2D eigenvalue weighted by Gasteiger charge is 2.16. The Morgan fingerprint density at radius 3 is 2.39 bits per heavy atom. The SMILES string of the molecule is COc1c(C)c(C)cc(C)c1N(C)CCC(C)=O. The smallest absolute Gasteiger partial charge is 0.145 e. The lowest BCUT2D eigenvalue weighted by molar-refractivity contribution is -0.116. The molecule has 0 spiro atoms. The molecule has 0 atom stereocenters. The number of benzene rings is 1. The molecule has 1 aromatic rings. The summed E-state index contributed by atoms with van der Waals surface area (Å²) in [7, 11) is 3.70. The first kappa shape index (κ1) is 14.6. The molecule has 0 aliphatic heterocycles. The van der Waals surface area contributed by atoms with Crippen molar-refractivity contribution in [3.8, 4) is 5.75 Å². The standard InChI is InChI=1S/C15H23NO2/c1-10-9-11(2)14(15(18-6)13(10)4)16(5)8-7-12(3)17/h9H,7-8H2,1-6H3. The van der Waals surface area contributed by atoms with Crippen molar-refractivity contribution < 1.29 is 9.53 Å². The molecular weight excluding hydrogens is 226 g/mol. The molecule has 0 bridgehead atoms. The van der Waals surface area contributed by atoms with Crippen molar-refractivity contribution in [2.45, 2.75) is 34.1 Å². The van der Waals surface area contributed by atoms with Crippen LogP contribution < -0.4 is 9.64 Å². The number of carbonyl (C=O) groups excluding carboxylic acids is 1. The second kappa shape index (κ2) is 5.89. The molecule has 1 aromatic carbocycles. The van der Waals surface area contributed by atoms with E-state index in [1.165, 1.54) is 11.1 Å². The Morgan fingerprint density at radius 1 is 1.28 bits per heavy atom. The average molecular weight is 249 g/mol. The molecule has 0 saturated carbocycles. The number of carbonyl (C=O) groups is 1. The van der Waals surface area contributed by atoms with Crippen molar-refractivity contribution >= 4 is 11.5 Å². The Morgan fingerprint density at radius 2 is 1.89 bits per heavy atom. The zero-order valence-electron chi connectivity index (χ0n) is 12.3. The predicted octanol–water partition coefficient (Wildman–Crippen LogP) is 3.04. The molecule has 3 nitrogen and oxygen atoms in total. The lowest BCUT2D eigenvalue weighted by Gasteiger charge is -2.25. The first-order valence-corrected chi connectivity index (χ1v) is 6.23. The number of nitrogens with zero attached hydrogens (tertiary/aromatic N) is 1. The molecular formula is C15H23NO2. The Kier molecular flexibility index (Phi) is 4.76. The minimum Gasteiger partial charge on any atom is -0.494 e. The molecule has 0 aliphatic rings. The van der Waals surface area contributed by atoms with Crippen LogP contribution in [0.15, 0.2) is 6.07 Å². The van der Waals surface area contributed by atoms with Crippen LogP contribution >= 0.6 is 0 Å². The van der Waals surface area contributed by atoms with Crippen LogP contribution in [-0.4, -0.2) is 26.5 Å². The number of hydrogen-bond acceptors (Lipinski definition) is 3. The molecule has 0 N–H and O–H groups in total. The second-order valence-electron chi connectivity index (χ2n) is 4.89. The quantitative estimate of drug-likeness (QED) is 0.803. The first-order valence-electron chi connectivity index (χ1n) is 6.23. The van der Waals surface area contributed by atoms with Crippen molar-refractivity contribution in [2.24, 2.45) is 0 Å². The van der Waals surface area contributed by atoms with E-state index in [1.54, 1.807) is 14.0 Å². The zero-order chi connectivity index (χ0) is 13.9. The normalized spacial score (nSPS) is 10.3. The van der Waals surface area contributed by atoms with Gasteiger partial charge < -0.3 is 9.64 Å². The summed E-state index contributed by atoms with van der Waals surface area (Å²) in [5, 5.41) is 0. The molecule has 18 heavy (non-hydrogen) atoms. The highest BCUT2D eigenvalue weighted by atomic mass is 16.5. The van der Waals surface area contributed by atoms with Crippen molar-refractivity contribution in [1.82, 2.24) is 0 Å². The number of Topliss-reactive ketones (excluding diaryl/α,β-unsaturated/α-hetero) is 1. The molecule has 3 heteroatoms.